The number of alkyl carbamates (subject to hydrolysis) is 1. The van der Waals surface area contributed by atoms with Crippen molar-refractivity contribution < 1.29 is 52.8 Å². The van der Waals surface area contributed by atoms with E-state index in [0.717, 1.165) is 0 Å². The Bertz CT molecular complexity index is 1860. The molecule has 17 nitrogen and oxygen atoms in total. The highest BCUT2D eigenvalue weighted by molar-refractivity contribution is 6.00. The lowest BCUT2D eigenvalue weighted by atomic mass is 9.70. The van der Waals surface area contributed by atoms with Crippen LogP contribution in [0.2, 0.25) is 0 Å². The molecule has 13 atom stereocenters. The zero-order chi connectivity index (χ0) is 43.4. The summed E-state index contributed by atoms with van der Waals surface area (Å²) >= 11 is 0. The van der Waals surface area contributed by atoms with Gasteiger partial charge in [-0.3, -0.25) is 28.7 Å². The van der Waals surface area contributed by atoms with E-state index in [0.29, 0.717) is 17.9 Å². The number of carbonyl (C=O) groups excluding carboxylic acids is 5. The minimum Gasteiger partial charge on any atom is -0.458 e. The summed E-state index contributed by atoms with van der Waals surface area (Å²) in [7, 11) is 3.65. The maximum Gasteiger partial charge on any atom is 0.408 e. The molecule has 2 aromatic heterocycles. The number of ketones is 2. The van der Waals surface area contributed by atoms with Crippen LogP contribution in [0.25, 0.3) is 11.9 Å². The lowest BCUT2D eigenvalue weighted by molar-refractivity contribution is -0.292. The van der Waals surface area contributed by atoms with E-state index in [1.807, 2.05) is 25.9 Å². The fourth-order valence-corrected chi connectivity index (χ4v) is 8.94. The molecule has 0 spiro atoms. The van der Waals surface area contributed by atoms with Gasteiger partial charge < -0.3 is 39.0 Å². The quantitative estimate of drug-likeness (QED) is 0.210. The monoisotopic (exact) mass is 824 g/mol. The van der Waals surface area contributed by atoms with Gasteiger partial charge in [0.05, 0.1) is 24.4 Å². The Labute approximate surface area is 345 Å². The standard InChI is InChI=1S/C42H60N6O11/c1-11-31-42(8)29(18-33(49)58-42)25(4)34(50)23(2)19-41(7,59-40(54)45-14-12-13-28-21-48(22-46-28)32-20-43-15-16-44-32)37(26(5)35(51)27(6)38(53)56-31)57-39-36(52)30(47(9)10)17-24(3)55-39/h12-13,15-16,20-27,29-31,36-37,39,52H,11,14,17-19H2,1-10H3,(H,45,54)/b13-12+/t23-,24-,25?,26+,27-,29?,30+,31-,36-,37-,39+,41-,42+/m1/s1. The van der Waals surface area contributed by atoms with Crippen LogP contribution in [-0.2, 0) is 42.9 Å². The van der Waals surface area contributed by atoms with Gasteiger partial charge in [0.2, 0.25) is 0 Å². The van der Waals surface area contributed by atoms with E-state index >= 15 is 0 Å². The highest BCUT2D eigenvalue weighted by Crippen LogP contribution is 2.45. The molecule has 0 aromatic carbocycles. The van der Waals surface area contributed by atoms with Crippen LogP contribution >= 0.6 is 0 Å². The first-order valence-electron chi connectivity index (χ1n) is 20.4. The first kappa shape index (κ1) is 45.5. The number of fused-ring (bicyclic) bond motifs is 1. The van der Waals surface area contributed by atoms with Gasteiger partial charge in [-0.2, -0.15) is 0 Å². The number of esters is 2. The summed E-state index contributed by atoms with van der Waals surface area (Å²) in [6, 6.07) is -0.380. The van der Waals surface area contributed by atoms with Crippen molar-refractivity contribution in [1.29, 1.82) is 0 Å². The van der Waals surface area contributed by atoms with Gasteiger partial charge in [-0.05, 0) is 67.1 Å². The number of hydrogen-bond acceptors (Lipinski definition) is 15. The van der Waals surface area contributed by atoms with Crippen LogP contribution in [0.1, 0.15) is 86.8 Å². The smallest absolute Gasteiger partial charge is 0.408 e. The fraction of sp³-hybridized carbons (Fsp3) is 0.667. The molecule has 2 N–H and O–H groups in total. The number of nitrogens with one attached hydrogen (secondary N) is 1. The summed E-state index contributed by atoms with van der Waals surface area (Å²) < 4.78 is 32.5. The van der Waals surface area contributed by atoms with Crippen LogP contribution in [0, 0.1) is 29.6 Å². The molecule has 5 heterocycles. The number of aliphatic hydroxyl groups excluding tert-OH is 1. The number of imidazole rings is 1. The highest BCUT2D eigenvalue weighted by Gasteiger charge is 2.57. The van der Waals surface area contributed by atoms with Crippen molar-refractivity contribution in [3.05, 3.63) is 42.9 Å². The molecule has 324 valence electrons. The molecule has 5 rings (SSSR count). The summed E-state index contributed by atoms with van der Waals surface area (Å²) in [5.74, 6) is -6.34. The minimum atomic E-state index is -1.74. The molecule has 0 saturated carbocycles. The number of likely N-dealkylation sites (N-methyl/N-ethyl adjacent to an activating group) is 1. The van der Waals surface area contributed by atoms with Gasteiger partial charge in [0.15, 0.2) is 17.9 Å². The van der Waals surface area contributed by atoms with Crippen molar-refractivity contribution in [1.82, 2.24) is 29.7 Å². The largest absolute Gasteiger partial charge is 0.458 e. The summed E-state index contributed by atoms with van der Waals surface area (Å²) in [5.41, 5.74) is -2.49. The van der Waals surface area contributed by atoms with Crippen LogP contribution < -0.4 is 5.32 Å². The average molecular weight is 825 g/mol. The molecule has 0 radical (unpaired) electrons. The predicted octanol–water partition coefficient (Wildman–Crippen LogP) is 3.70. The number of carbonyl (C=O) groups is 5. The number of amides is 1. The third kappa shape index (κ3) is 10.1. The van der Waals surface area contributed by atoms with E-state index in [9.17, 15) is 29.1 Å². The summed E-state index contributed by atoms with van der Waals surface area (Å²) in [6.45, 7) is 13.3. The number of aliphatic hydroxyl groups is 1. The van der Waals surface area contributed by atoms with Gasteiger partial charge in [-0.15, -0.1) is 0 Å². The maximum absolute atomic E-state index is 14.5. The van der Waals surface area contributed by atoms with E-state index < -0.39 is 89.2 Å². The number of rotatable bonds is 9. The molecule has 17 heteroatoms. The number of nitrogens with zero attached hydrogens (tertiary/aromatic N) is 5. The van der Waals surface area contributed by atoms with E-state index in [2.05, 4.69) is 20.3 Å². The van der Waals surface area contributed by atoms with Crippen LogP contribution in [0.5, 0.6) is 0 Å². The molecule has 3 aliphatic rings. The Morgan fingerprint density at radius 1 is 1.07 bits per heavy atom. The van der Waals surface area contributed by atoms with Gasteiger partial charge in [0.1, 0.15) is 47.5 Å². The second-order valence-electron chi connectivity index (χ2n) is 16.9. The molecule has 3 saturated heterocycles. The maximum atomic E-state index is 14.5. The number of hydrogen-bond donors (Lipinski definition) is 2. The van der Waals surface area contributed by atoms with Crippen molar-refractivity contribution in [2.24, 2.45) is 29.6 Å². The predicted molar refractivity (Wildman–Crippen MR) is 212 cm³/mol. The molecule has 3 fully saturated rings. The fourth-order valence-electron chi connectivity index (χ4n) is 8.94. The van der Waals surface area contributed by atoms with E-state index in [4.69, 9.17) is 23.7 Å². The van der Waals surface area contributed by atoms with Gasteiger partial charge >= 0.3 is 18.0 Å². The highest BCUT2D eigenvalue weighted by atomic mass is 16.7. The first-order chi connectivity index (χ1) is 27.8. The SMILES string of the molecule is CC[C@H]1OC(=O)[C@H](C)C(=O)[C@H](C)[C@@H](O[C@@H]2O[C@H](C)C[C@H](N(C)C)[C@H]2O)[C@](C)(OC(=O)NC/C=C/c2cn(-c3cnccn3)cn2)C[C@@H](C)C(=O)C(C)C2CC(=O)O[C@@]21C. The zero-order valence-corrected chi connectivity index (χ0v) is 35.7. The molecule has 1 amide bonds. The topological polar surface area (TPSA) is 211 Å². The molecule has 3 aliphatic heterocycles. The average Bonchev–Trinajstić information content (AvgIpc) is 3.80. The third-order valence-corrected chi connectivity index (χ3v) is 12.2. The second-order valence-corrected chi connectivity index (χ2v) is 16.9. The molecule has 2 aromatic rings. The van der Waals surface area contributed by atoms with Crippen LogP contribution in [0.3, 0.4) is 0 Å². The van der Waals surface area contributed by atoms with Crippen LogP contribution in [0.4, 0.5) is 4.79 Å². The van der Waals surface area contributed by atoms with Gasteiger partial charge in [-0.1, -0.05) is 33.8 Å². The van der Waals surface area contributed by atoms with Gasteiger partial charge in [-0.25, -0.2) is 14.8 Å². The number of Topliss-reactive ketones (excluding diaryl/α,β-unsaturated/α-hetero) is 2. The van der Waals surface area contributed by atoms with Crippen molar-refractivity contribution in [3.8, 4) is 5.82 Å². The summed E-state index contributed by atoms with van der Waals surface area (Å²) in [4.78, 5) is 83.9. The lowest BCUT2D eigenvalue weighted by Crippen LogP contribution is -2.60. The molecule has 0 aliphatic carbocycles. The summed E-state index contributed by atoms with van der Waals surface area (Å²) in [6.07, 6.45) is 5.99. The lowest BCUT2D eigenvalue weighted by Gasteiger charge is -2.47. The van der Waals surface area contributed by atoms with Crippen LogP contribution in [0.15, 0.2) is 37.2 Å². The number of aromatic nitrogens is 4. The number of cyclic esters (lactones) is 1. The Morgan fingerprint density at radius 2 is 1.80 bits per heavy atom. The van der Waals surface area contributed by atoms with Gasteiger partial charge in [0.25, 0.3) is 0 Å². The zero-order valence-electron chi connectivity index (χ0n) is 35.7. The Balaban J connectivity index is 1.49. The molecule has 59 heavy (non-hydrogen) atoms. The van der Waals surface area contributed by atoms with Crippen molar-refractivity contribution in [3.63, 3.8) is 0 Å². The Morgan fingerprint density at radius 3 is 2.46 bits per heavy atom. The Hall–Kier alpha value is -4.58. The van der Waals surface area contributed by atoms with Gasteiger partial charge in [0, 0.05) is 54.8 Å². The summed E-state index contributed by atoms with van der Waals surface area (Å²) in [5, 5.41) is 14.3. The van der Waals surface area contributed by atoms with E-state index in [1.54, 1.807) is 89.4 Å². The van der Waals surface area contributed by atoms with Crippen molar-refractivity contribution in [2.45, 2.75) is 129 Å². The molecule has 0 bridgehead atoms. The van der Waals surface area contributed by atoms with Crippen molar-refractivity contribution >= 4 is 35.7 Å². The van der Waals surface area contributed by atoms with E-state index in [-0.39, 0.29) is 43.7 Å². The Kier molecular flexibility index (Phi) is 14.5. The first-order valence-corrected chi connectivity index (χ1v) is 20.4. The minimum absolute atomic E-state index is 0.0146. The normalized spacial score (nSPS) is 36.2. The number of ether oxygens (including phenoxy) is 5. The second kappa shape index (κ2) is 18.8. The third-order valence-electron chi connectivity index (χ3n) is 12.2. The molecular weight excluding hydrogens is 764 g/mol. The molecule has 2 unspecified atom stereocenters. The molecular formula is C42H60N6O11. The van der Waals surface area contributed by atoms with Crippen LogP contribution in [-0.4, -0.2) is 128 Å². The van der Waals surface area contributed by atoms with Crippen molar-refractivity contribution in [2.75, 3.05) is 20.6 Å². The van der Waals surface area contributed by atoms with E-state index in [1.165, 1.54) is 6.92 Å².